The van der Waals surface area contributed by atoms with Crippen LogP contribution < -0.4 is 15.4 Å². The summed E-state index contributed by atoms with van der Waals surface area (Å²) in [7, 11) is -3.85. The molecule has 0 bridgehead atoms. The van der Waals surface area contributed by atoms with Crippen molar-refractivity contribution < 1.29 is 32.0 Å². The van der Waals surface area contributed by atoms with Crippen molar-refractivity contribution in [2.45, 2.75) is 62.9 Å². The number of carbonyl (C=O) groups excluding carboxylic acids is 3. The Balaban J connectivity index is 1.20. The molecule has 5 rings (SSSR count). The number of rotatable bonds is 12. The second-order valence-electron chi connectivity index (χ2n) is 12.2. The van der Waals surface area contributed by atoms with Crippen LogP contribution in [-0.4, -0.2) is 86.6 Å². The Hall–Kier alpha value is -3.74. The highest BCUT2D eigenvalue weighted by Gasteiger charge is 2.34. The van der Waals surface area contributed by atoms with Gasteiger partial charge in [0.1, 0.15) is 24.0 Å². The van der Waals surface area contributed by atoms with Gasteiger partial charge in [0.05, 0.1) is 17.5 Å². The van der Waals surface area contributed by atoms with Crippen LogP contribution in [0.1, 0.15) is 56.5 Å². The van der Waals surface area contributed by atoms with E-state index in [4.69, 9.17) is 9.15 Å². The van der Waals surface area contributed by atoms with Crippen molar-refractivity contribution in [1.82, 2.24) is 19.8 Å². The summed E-state index contributed by atoms with van der Waals surface area (Å²) in [6.45, 7) is 7.34. The number of fused-ring (bicyclic) bond motifs is 1. The van der Waals surface area contributed by atoms with Crippen molar-refractivity contribution in [3.8, 4) is 5.75 Å². The van der Waals surface area contributed by atoms with E-state index in [1.54, 1.807) is 30.3 Å². The maximum Gasteiger partial charge on any atom is 0.287 e. The van der Waals surface area contributed by atoms with E-state index in [0.29, 0.717) is 42.6 Å². The van der Waals surface area contributed by atoms with Crippen molar-refractivity contribution in [2.24, 2.45) is 5.92 Å². The zero-order chi connectivity index (χ0) is 32.0. The summed E-state index contributed by atoms with van der Waals surface area (Å²) in [6, 6.07) is 13.2. The average Bonchev–Trinajstić information content (AvgIpc) is 3.65. The van der Waals surface area contributed by atoms with Crippen LogP contribution in [0.2, 0.25) is 0 Å². The number of hydrogen-bond acceptors (Lipinski definition) is 8. The summed E-state index contributed by atoms with van der Waals surface area (Å²) in [5, 5.41) is 6.27. The summed E-state index contributed by atoms with van der Waals surface area (Å²) >= 11 is 0. The van der Waals surface area contributed by atoms with Gasteiger partial charge < -0.3 is 19.8 Å². The van der Waals surface area contributed by atoms with Crippen LogP contribution in [-0.2, 0) is 19.6 Å². The number of carbonyl (C=O) groups is 3. The molecule has 0 spiro atoms. The number of benzene rings is 2. The average molecular weight is 639 g/mol. The topological polar surface area (TPSA) is 138 Å². The largest absolute Gasteiger partial charge is 0.492 e. The van der Waals surface area contributed by atoms with Gasteiger partial charge in [-0.2, -0.15) is 4.31 Å². The van der Waals surface area contributed by atoms with Gasteiger partial charge in [0.2, 0.25) is 15.9 Å². The predicted molar refractivity (Wildman–Crippen MR) is 169 cm³/mol. The normalized spacial score (nSPS) is 19.0. The molecule has 2 aliphatic rings. The van der Waals surface area contributed by atoms with Gasteiger partial charge in [0, 0.05) is 18.5 Å². The first-order chi connectivity index (χ1) is 21.6. The lowest BCUT2D eigenvalue weighted by Crippen LogP contribution is -2.52. The minimum absolute atomic E-state index is 0.0630. The minimum atomic E-state index is -3.85. The first-order valence-corrected chi connectivity index (χ1v) is 17.1. The molecule has 242 valence electrons. The Bertz CT molecular complexity index is 1600. The number of sulfonamides is 1. The Kier molecular flexibility index (Phi) is 10.6. The standard InChI is InChI=1S/C33H42N4O7S/c1-23(2)19-28(32(39)34-27-11-8-16-37(22-29(27)38)45(41,42)26-9-4-3-5-10-26)35-33(40)31-21-24-20-25(12-13-30(24)44-31)43-18-17-36-14-6-7-15-36/h3-5,9-10,12-13,20-21,23,27-28H,6-8,11,14-19,22H2,1-2H3,(H,34,39)(H,35,40)/t27?,28-/m1/s1. The van der Waals surface area contributed by atoms with Crippen LogP contribution >= 0.6 is 0 Å². The number of nitrogens with zero attached hydrogens (tertiary/aromatic N) is 2. The van der Waals surface area contributed by atoms with Gasteiger partial charge in [-0.3, -0.25) is 19.3 Å². The number of ketones is 1. The Morgan fingerprint density at radius 1 is 1.02 bits per heavy atom. The fourth-order valence-corrected chi connectivity index (χ4v) is 7.29. The molecule has 0 saturated carbocycles. The van der Waals surface area contributed by atoms with Gasteiger partial charge in [-0.25, -0.2) is 8.42 Å². The highest BCUT2D eigenvalue weighted by atomic mass is 32.2. The van der Waals surface area contributed by atoms with E-state index in [-0.39, 0.29) is 29.7 Å². The quantitative estimate of drug-likeness (QED) is 0.307. The van der Waals surface area contributed by atoms with Crippen LogP contribution in [0, 0.1) is 5.92 Å². The van der Waals surface area contributed by atoms with Crippen LogP contribution in [0.3, 0.4) is 0 Å². The lowest BCUT2D eigenvalue weighted by Gasteiger charge is -2.23. The van der Waals surface area contributed by atoms with E-state index >= 15 is 0 Å². The first kappa shape index (κ1) is 32.6. The SMILES string of the molecule is CC(C)C[C@@H](NC(=O)c1cc2cc(OCCN3CCCC3)ccc2o1)C(=O)NC1CCCN(S(=O)(=O)c2ccccc2)CC1=O. The van der Waals surface area contributed by atoms with Crippen molar-refractivity contribution in [1.29, 1.82) is 0 Å². The Morgan fingerprint density at radius 2 is 1.78 bits per heavy atom. The number of ether oxygens (including phenoxy) is 1. The van der Waals surface area contributed by atoms with E-state index in [0.717, 1.165) is 23.9 Å². The molecule has 1 aromatic heterocycles. The fourth-order valence-electron chi connectivity index (χ4n) is 5.82. The van der Waals surface area contributed by atoms with Gasteiger partial charge in [0.25, 0.3) is 5.91 Å². The molecule has 12 heteroatoms. The van der Waals surface area contributed by atoms with E-state index in [9.17, 15) is 22.8 Å². The van der Waals surface area contributed by atoms with Crippen LogP contribution in [0.25, 0.3) is 11.0 Å². The summed E-state index contributed by atoms with van der Waals surface area (Å²) in [5.74, 6) is -0.628. The summed E-state index contributed by atoms with van der Waals surface area (Å²) < 4.78 is 39.1. The lowest BCUT2D eigenvalue weighted by atomic mass is 10.0. The van der Waals surface area contributed by atoms with E-state index < -0.39 is 39.7 Å². The maximum absolute atomic E-state index is 13.4. The highest BCUT2D eigenvalue weighted by molar-refractivity contribution is 7.89. The molecule has 2 amide bonds. The molecule has 3 heterocycles. The molecule has 2 atom stereocenters. The van der Waals surface area contributed by atoms with Crippen LogP contribution in [0.4, 0.5) is 0 Å². The lowest BCUT2D eigenvalue weighted by molar-refractivity contribution is -0.129. The van der Waals surface area contributed by atoms with E-state index in [1.165, 1.54) is 25.0 Å². The van der Waals surface area contributed by atoms with Crippen LogP contribution in [0.5, 0.6) is 5.75 Å². The molecule has 2 fully saturated rings. The van der Waals surface area contributed by atoms with E-state index in [2.05, 4.69) is 15.5 Å². The summed E-state index contributed by atoms with van der Waals surface area (Å²) in [4.78, 5) is 42.3. The second kappa shape index (κ2) is 14.6. The van der Waals surface area contributed by atoms with Gasteiger partial charge >= 0.3 is 0 Å². The van der Waals surface area contributed by atoms with Crippen LogP contribution in [0.15, 0.2) is 63.9 Å². The number of hydrogen-bond donors (Lipinski definition) is 2. The Labute approximate surface area is 264 Å². The minimum Gasteiger partial charge on any atom is -0.492 e. The zero-order valence-electron chi connectivity index (χ0n) is 25.9. The molecule has 2 aromatic carbocycles. The second-order valence-corrected chi connectivity index (χ2v) is 14.1. The monoisotopic (exact) mass is 638 g/mol. The third-order valence-corrected chi connectivity index (χ3v) is 10.1. The van der Waals surface area contributed by atoms with Gasteiger partial charge in [-0.1, -0.05) is 32.0 Å². The number of Topliss-reactive ketones (excluding diaryl/α,β-unsaturated/α-hetero) is 1. The van der Waals surface area contributed by atoms with Crippen molar-refractivity contribution in [3.05, 3.63) is 60.4 Å². The summed E-state index contributed by atoms with van der Waals surface area (Å²) in [5.41, 5.74) is 0.524. The van der Waals surface area contributed by atoms with Gasteiger partial charge in [-0.05, 0) is 87.5 Å². The number of likely N-dealkylation sites (tertiary alicyclic amines) is 1. The molecule has 1 unspecified atom stereocenters. The molecule has 0 aliphatic carbocycles. The molecule has 2 saturated heterocycles. The fraction of sp³-hybridized carbons (Fsp3) is 0.485. The molecule has 0 radical (unpaired) electrons. The molecule has 45 heavy (non-hydrogen) atoms. The first-order valence-electron chi connectivity index (χ1n) is 15.7. The van der Waals surface area contributed by atoms with Gasteiger partial charge in [0.15, 0.2) is 11.5 Å². The highest BCUT2D eigenvalue weighted by Crippen LogP contribution is 2.25. The number of amides is 2. The molecule has 11 nitrogen and oxygen atoms in total. The number of furan rings is 1. The molecule has 2 N–H and O–H groups in total. The smallest absolute Gasteiger partial charge is 0.287 e. The van der Waals surface area contributed by atoms with Crippen molar-refractivity contribution in [3.63, 3.8) is 0 Å². The third kappa shape index (κ3) is 8.30. The Morgan fingerprint density at radius 3 is 2.51 bits per heavy atom. The van der Waals surface area contributed by atoms with Crippen molar-refractivity contribution in [2.75, 3.05) is 39.3 Å². The van der Waals surface area contributed by atoms with E-state index in [1.807, 2.05) is 26.0 Å². The number of nitrogens with one attached hydrogen (secondary N) is 2. The van der Waals surface area contributed by atoms with Gasteiger partial charge in [-0.15, -0.1) is 0 Å². The van der Waals surface area contributed by atoms with Crippen molar-refractivity contribution >= 4 is 38.6 Å². The molecular weight excluding hydrogens is 596 g/mol. The predicted octanol–water partition coefficient (Wildman–Crippen LogP) is 3.59. The molecule has 2 aliphatic heterocycles. The zero-order valence-corrected chi connectivity index (χ0v) is 26.7. The molecular formula is C33H42N4O7S. The summed E-state index contributed by atoms with van der Waals surface area (Å²) in [6.07, 6.45) is 3.48. The third-order valence-electron chi connectivity index (χ3n) is 8.23. The maximum atomic E-state index is 13.4. The molecule has 3 aromatic rings.